The number of rotatable bonds is 7. The number of nitrogens with zero attached hydrogens (tertiary/aromatic N) is 3. The number of carbonyl (C=O) groups excluding carboxylic acids is 2. The molecule has 1 atom stereocenters. The number of hydrogen-bond acceptors (Lipinski definition) is 4. The van der Waals surface area contributed by atoms with Crippen molar-refractivity contribution >= 4 is 34.9 Å². The minimum Gasteiger partial charge on any atom is -0.497 e. The molecule has 0 unspecified atom stereocenters. The van der Waals surface area contributed by atoms with Gasteiger partial charge in [-0.3, -0.25) is 18.7 Å². The van der Waals surface area contributed by atoms with E-state index in [9.17, 15) is 14.4 Å². The van der Waals surface area contributed by atoms with Gasteiger partial charge in [0.1, 0.15) is 11.4 Å². The summed E-state index contributed by atoms with van der Waals surface area (Å²) in [5.74, 6) is 0.156. The van der Waals surface area contributed by atoms with Crippen molar-refractivity contribution < 1.29 is 14.3 Å². The fourth-order valence-electron chi connectivity index (χ4n) is 4.98. The first kappa shape index (κ1) is 26.8. The molecule has 1 aromatic heterocycles. The smallest absolute Gasteiger partial charge is 0.333 e. The third-order valence-electron chi connectivity index (χ3n) is 7.09. The SMILES string of the molecule is COc1ccc(-n2c(C(=O)C[C@@H](C)c3ccccc3)c3n(c2=O)CCN(C(=O)c2ccc(Cl)c(Cl)c2)C3)cc1. The summed E-state index contributed by atoms with van der Waals surface area (Å²) in [7, 11) is 1.57. The highest BCUT2D eigenvalue weighted by Gasteiger charge is 2.32. The zero-order chi connectivity index (χ0) is 27.7. The zero-order valence-electron chi connectivity index (χ0n) is 21.6. The maximum absolute atomic E-state index is 13.9. The Morgan fingerprint density at radius 3 is 2.33 bits per heavy atom. The largest absolute Gasteiger partial charge is 0.497 e. The number of carbonyl (C=O) groups is 2. The van der Waals surface area contributed by atoms with Crippen molar-refractivity contribution in [3.8, 4) is 11.4 Å². The fourth-order valence-corrected chi connectivity index (χ4v) is 5.27. The lowest BCUT2D eigenvalue weighted by Crippen LogP contribution is -2.41. The molecule has 0 spiro atoms. The number of hydrogen-bond donors (Lipinski definition) is 0. The van der Waals surface area contributed by atoms with Crippen LogP contribution in [0.3, 0.4) is 0 Å². The molecule has 0 saturated carbocycles. The van der Waals surface area contributed by atoms with E-state index >= 15 is 0 Å². The second kappa shape index (κ2) is 11.1. The zero-order valence-corrected chi connectivity index (χ0v) is 23.1. The first-order valence-electron chi connectivity index (χ1n) is 12.6. The Kier molecular flexibility index (Phi) is 7.64. The van der Waals surface area contributed by atoms with Gasteiger partial charge in [0.2, 0.25) is 0 Å². The molecule has 1 aliphatic rings. The predicted molar refractivity (Wildman–Crippen MR) is 152 cm³/mol. The number of ketones is 1. The molecule has 5 rings (SSSR count). The van der Waals surface area contributed by atoms with Gasteiger partial charge in [0.25, 0.3) is 5.91 Å². The topological polar surface area (TPSA) is 73.5 Å². The van der Waals surface area contributed by atoms with E-state index in [4.69, 9.17) is 27.9 Å². The van der Waals surface area contributed by atoms with Gasteiger partial charge in [-0.1, -0.05) is 60.5 Å². The van der Waals surface area contributed by atoms with Crippen LogP contribution in [0, 0.1) is 0 Å². The number of methoxy groups -OCH3 is 1. The third-order valence-corrected chi connectivity index (χ3v) is 7.83. The van der Waals surface area contributed by atoms with Crippen molar-refractivity contribution in [2.75, 3.05) is 13.7 Å². The summed E-state index contributed by atoms with van der Waals surface area (Å²) in [4.78, 5) is 42.6. The molecule has 0 aliphatic carbocycles. The van der Waals surface area contributed by atoms with Gasteiger partial charge in [-0.15, -0.1) is 0 Å². The van der Waals surface area contributed by atoms with Gasteiger partial charge in [0.05, 0.1) is 35.1 Å². The van der Waals surface area contributed by atoms with Crippen LogP contribution in [0.4, 0.5) is 0 Å². The highest BCUT2D eigenvalue weighted by atomic mass is 35.5. The number of aromatic nitrogens is 2. The van der Waals surface area contributed by atoms with Gasteiger partial charge in [-0.25, -0.2) is 4.79 Å². The Balaban J connectivity index is 1.56. The molecule has 0 saturated heterocycles. The van der Waals surface area contributed by atoms with Gasteiger partial charge in [0.15, 0.2) is 5.78 Å². The second-order valence-corrected chi connectivity index (χ2v) is 10.4. The van der Waals surface area contributed by atoms with Crippen molar-refractivity contribution in [3.05, 3.63) is 116 Å². The van der Waals surface area contributed by atoms with E-state index < -0.39 is 0 Å². The maximum Gasteiger partial charge on any atom is 0.333 e. The number of Topliss-reactive ketones (excluding diaryl/α,β-unsaturated/α-hetero) is 1. The lowest BCUT2D eigenvalue weighted by atomic mass is 9.94. The fraction of sp³-hybridized carbons (Fsp3) is 0.233. The molecule has 0 N–H and O–H groups in total. The minimum atomic E-state index is -0.312. The van der Waals surface area contributed by atoms with Crippen LogP contribution < -0.4 is 10.4 Å². The van der Waals surface area contributed by atoms with Gasteiger partial charge < -0.3 is 9.64 Å². The summed E-state index contributed by atoms with van der Waals surface area (Å²) in [6, 6.07) is 21.5. The first-order chi connectivity index (χ1) is 18.8. The average molecular weight is 564 g/mol. The standard InChI is InChI=1S/C30H27Cl2N3O4/c1-19(20-6-4-3-5-7-20)16-27(36)28-26-18-33(29(37)21-8-13-24(31)25(32)17-21)14-15-34(26)30(38)35(28)22-9-11-23(39-2)12-10-22/h3-13,17,19H,14-16,18H2,1-2H3/t19-/m1/s1. The van der Waals surface area contributed by atoms with E-state index in [-0.39, 0.29) is 47.8 Å². The van der Waals surface area contributed by atoms with Crippen LogP contribution in [0.25, 0.3) is 5.69 Å². The summed E-state index contributed by atoms with van der Waals surface area (Å²) >= 11 is 12.2. The Labute approximate surface area is 236 Å². The van der Waals surface area contributed by atoms with Crippen molar-refractivity contribution in [2.24, 2.45) is 0 Å². The average Bonchev–Trinajstić information content (AvgIpc) is 3.26. The third kappa shape index (κ3) is 5.24. The van der Waals surface area contributed by atoms with Crippen LogP contribution in [-0.4, -0.2) is 39.4 Å². The summed E-state index contributed by atoms with van der Waals surface area (Å²) in [6.45, 7) is 2.68. The molecule has 0 fully saturated rings. The van der Waals surface area contributed by atoms with Crippen molar-refractivity contribution in [1.29, 1.82) is 0 Å². The molecule has 2 heterocycles. The molecule has 200 valence electrons. The Morgan fingerprint density at radius 2 is 1.67 bits per heavy atom. The minimum absolute atomic E-state index is 0.0637. The molecule has 7 nitrogen and oxygen atoms in total. The Morgan fingerprint density at radius 1 is 0.949 bits per heavy atom. The van der Waals surface area contributed by atoms with Crippen LogP contribution in [0.1, 0.15) is 51.4 Å². The monoisotopic (exact) mass is 563 g/mol. The van der Waals surface area contributed by atoms with E-state index in [0.29, 0.717) is 40.0 Å². The molecular weight excluding hydrogens is 537 g/mol. The van der Waals surface area contributed by atoms with E-state index in [1.165, 1.54) is 10.6 Å². The molecule has 39 heavy (non-hydrogen) atoms. The van der Waals surface area contributed by atoms with Gasteiger partial charge in [-0.05, 0) is 53.9 Å². The lowest BCUT2D eigenvalue weighted by Gasteiger charge is -2.28. The van der Waals surface area contributed by atoms with Crippen LogP contribution in [0.5, 0.6) is 5.75 Å². The van der Waals surface area contributed by atoms with Crippen LogP contribution in [-0.2, 0) is 13.1 Å². The molecule has 3 aromatic carbocycles. The number of fused-ring (bicyclic) bond motifs is 1. The predicted octanol–water partition coefficient (Wildman–Crippen LogP) is 5.99. The number of amides is 1. The van der Waals surface area contributed by atoms with E-state index in [1.54, 1.807) is 53.0 Å². The summed E-state index contributed by atoms with van der Waals surface area (Å²) in [5.41, 5.74) is 2.47. The number of halogens is 2. The summed E-state index contributed by atoms with van der Waals surface area (Å²) < 4.78 is 8.33. The molecular formula is C30H27Cl2N3O4. The Hall–Kier alpha value is -3.81. The molecule has 0 radical (unpaired) electrons. The molecule has 1 amide bonds. The van der Waals surface area contributed by atoms with Gasteiger partial charge >= 0.3 is 5.69 Å². The van der Waals surface area contributed by atoms with E-state index in [0.717, 1.165) is 5.56 Å². The van der Waals surface area contributed by atoms with Crippen molar-refractivity contribution in [3.63, 3.8) is 0 Å². The summed E-state index contributed by atoms with van der Waals surface area (Å²) in [6.07, 6.45) is 0.206. The van der Waals surface area contributed by atoms with Crippen LogP contribution >= 0.6 is 23.2 Å². The second-order valence-electron chi connectivity index (χ2n) is 9.56. The lowest BCUT2D eigenvalue weighted by molar-refractivity contribution is 0.0706. The highest BCUT2D eigenvalue weighted by Crippen LogP contribution is 2.28. The quantitative estimate of drug-likeness (QED) is 0.259. The Bertz CT molecular complexity index is 1590. The van der Waals surface area contributed by atoms with E-state index in [1.807, 2.05) is 37.3 Å². The highest BCUT2D eigenvalue weighted by molar-refractivity contribution is 6.42. The van der Waals surface area contributed by atoms with Gasteiger partial charge in [-0.2, -0.15) is 0 Å². The van der Waals surface area contributed by atoms with Crippen molar-refractivity contribution in [2.45, 2.75) is 32.4 Å². The number of benzene rings is 3. The van der Waals surface area contributed by atoms with Crippen LogP contribution in [0.2, 0.25) is 10.0 Å². The number of ether oxygens (including phenoxy) is 1. The molecule has 0 bridgehead atoms. The first-order valence-corrected chi connectivity index (χ1v) is 13.4. The van der Waals surface area contributed by atoms with Crippen molar-refractivity contribution in [1.82, 2.24) is 14.0 Å². The molecule has 1 aliphatic heterocycles. The number of imidazole rings is 1. The van der Waals surface area contributed by atoms with Gasteiger partial charge in [0, 0.05) is 25.1 Å². The van der Waals surface area contributed by atoms with E-state index in [2.05, 4.69) is 0 Å². The van der Waals surface area contributed by atoms with Crippen LogP contribution in [0.15, 0.2) is 77.6 Å². The normalized spacial score (nSPS) is 13.6. The summed E-state index contributed by atoms with van der Waals surface area (Å²) in [5, 5.41) is 0.644. The molecule has 9 heteroatoms. The molecule has 4 aromatic rings. The maximum atomic E-state index is 13.9.